The van der Waals surface area contributed by atoms with Crippen molar-refractivity contribution >= 4 is 40.0 Å². The molecule has 0 bridgehead atoms. The van der Waals surface area contributed by atoms with E-state index in [1.165, 1.54) is 22.9 Å². The van der Waals surface area contributed by atoms with Gasteiger partial charge in [-0.3, -0.25) is 14.3 Å². The van der Waals surface area contributed by atoms with Gasteiger partial charge in [-0.15, -0.1) is 0 Å². The average molecular weight is 401 g/mol. The van der Waals surface area contributed by atoms with Gasteiger partial charge in [0.25, 0.3) is 5.91 Å². The Bertz CT molecular complexity index is 1060. The summed E-state index contributed by atoms with van der Waals surface area (Å²) in [4.78, 5) is 27.1. The van der Waals surface area contributed by atoms with Crippen LogP contribution in [0, 0.1) is 5.82 Å². The highest BCUT2D eigenvalue weighted by Crippen LogP contribution is 2.22. The minimum absolute atomic E-state index is 0.0687. The maximum Gasteiger partial charge on any atom is 0.275 e. The number of carbonyl (C=O) groups excluding carboxylic acids is 2. The Hall–Kier alpha value is -2.93. The minimum Gasteiger partial charge on any atom is -0.337 e. The van der Waals surface area contributed by atoms with Crippen LogP contribution in [0.5, 0.6) is 0 Å². The summed E-state index contributed by atoms with van der Waals surface area (Å²) in [6.07, 6.45) is 1.99. The summed E-state index contributed by atoms with van der Waals surface area (Å²) in [6, 6.07) is 11.3. The molecule has 2 aromatic carbocycles. The third-order valence-electron chi connectivity index (χ3n) is 4.75. The molecule has 4 rings (SSSR count). The molecular formula is C20H18ClFN4O2. The normalized spacial score (nSPS) is 13.9. The number of rotatable bonds is 4. The summed E-state index contributed by atoms with van der Waals surface area (Å²) >= 11 is 5.75. The number of hydrogen-bond donors (Lipinski definition) is 1. The Balaban J connectivity index is 1.59. The lowest BCUT2D eigenvalue weighted by molar-refractivity contribution is -0.116. The van der Waals surface area contributed by atoms with Gasteiger partial charge >= 0.3 is 0 Å². The van der Waals surface area contributed by atoms with Crippen LogP contribution in [0.15, 0.2) is 42.5 Å². The van der Waals surface area contributed by atoms with Crippen molar-refractivity contribution in [3.63, 3.8) is 0 Å². The highest BCUT2D eigenvalue weighted by atomic mass is 35.5. The minimum atomic E-state index is -0.553. The summed E-state index contributed by atoms with van der Waals surface area (Å²) in [5, 5.41) is 7.75. The van der Waals surface area contributed by atoms with Crippen molar-refractivity contribution in [3.05, 3.63) is 59.0 Å². The fourth-order valence-corrected chi connectivity index (χ4v) is 3.57. The van der Waals surface area contributed by atoms with E-state index in [9.17, 15) is 14.0 Å². The molecule has 3 aromatic rings. The zero-order chi connectivity index (χ0) is 19.7. The van der Waals surface area contributed by atoms with Crippen molar-refractivity contribution in [3.8, 4) is 0 Å². The van der Waals surface area contributed by atoms with Gasteiger partial charge in [0.2, 0.25) is 5.91 Å². The molecule has 0 saturated carbocycles. The van der Waals surface area contributed by atoms with Gasteiger partial charge in [-0.05, 0) is 37.1 Å². The molecule has 0 atom stereocenters. The van der Waals surface area contributed by atoms with E-state index in [1.807, 2.05) is 24.3 Å². The van der Waals surface area contributed by atoms with Crippen LogP contribution in [0.3, 0.4) is 0 Å². The lowest BCUT2D eigenvalue weighted by atomic mass is 10.2. The first-order valence-electron chi connectivity index (χ1n) is 9.02. The highest BCUT2D eigenvalue weighted by molar-refractivity contribution is 6.31. The van der Waals surface area contributed by atoms with Crippen LogP contribution >= 0.6 is 11.6 Å². The topological polar surface area (TPSA) is 67.2 Å². The molecule has 1 aliphatic heterocycles. The van der Waals surface area contributed by atoms with E-state index in [1.54, 1.807) is 4.90 Å². The van der Waals surface area contributed by atoms with Gasteiger partial charge in [-0.1, -0.05) is 29.8 Å². The van der Waals surface area contributed by atoms with Gasteiger partial charge in [0.1, 0.15) is 12.4 Å². The maximum atomic E-state index is 13.3. The molecule has 0 aliphatic carbocycles. The second kappa shape index (κ2) is 7.59. The molecule has 1 N–H and O–H groups in total. The molecule has 2 amide bonds. The van der Waals surface area contributed by atoms with Crippen molar-refractivity contribution in [1.82, 2.24) is 14.7 Å². The molecule has 1 aromatic heterocycles. The van der Waals surface area contributed by atoms with Crippen LogP contribution < -0.4 is 5.32 Å². The van der Waals surface area contributed by atoms with Crippen molar-refractivity contribution < 1.29 is 14.0 Å². The highest BCUT2D eigenvalue weighted by Gasteiger charge is 2.25. The molecule has 1 saturated heterocycles. The second-order valence-corrected chi connectivity index (χ2v) is 7.11. The van der Waals surface area contributed by atoms with Crippen LogP contribution in [0.4, 0.5) is 10.1 Å². The lowest BCUT2D eigenvalue weighted by Gasteiger charge is -2.13. The predicted molar refractivity (Wildman–Crippen MR) is 105 cm³/mol. The molecule has 1 fully saturated rings. The molecule has 6 nitrogen and oxygen atoms in total. The van der Waals surface area contributed by atoms with Gasteiger partial charge in [0, 0.05) is 24.2 Å². The Morgan fingerprint density at radius 3 is 2.64 bits per heavy atom. The average Bonchev–Trinajstić information content (AvgIpc) is 3.33. The summed E-state index contributed by atoms with van der Waals surface area (Å²) in [6.45, 7) is 1.38. The second-order valence-electron chi connectivity index (χ2n) is 6.70. The molecule has 8 heteroatoms. The number of benzene rings is 2. The van der Waals surface area contributed by atoms with E-state index >= 15 is 0 Å². The number of nitrogens with one attached hydrogen (secondary N) is 1. The van der Waals surface area contributed by atoms with Crippen molar-refractivity contribution in [2.24, 2.45) is 0 Å². The van der Waals surface area contributed by atoms with Gasteiger partial charge in [-0.25, -0.2) is 4.39 Å². The Morgan fingerprint density at radius 1 is 1.14 bits per heavy atom. The number of amides is 2. The van der Waals surface area contributed by atoms with Crippen molar-refractivity contribution in [2.45, 2.75) is 19.4 Å². The van der Waals surface area contributed by atoms with E-state index in [-0.39, 0.29) is 23.4 Å². The van der Waals surface area contributed by atoms with Gasteiger partial charge in [0.05, 0.1) is 10.5 Å². The zero-order valence-electron chi connectivity index (χ0n) is 15.0. The lowest BCUT2D eigenvalue weighted by Crippen LogP contribution is -2.28. The first-order chi connectivity index (χ1) is 13.5. The van der Waals surface area contributed by atoms with E-state index in [0.717, 1.165) is 31.3 Å². The SMILES string of the molecule is O=C(Cn1nc(C(=O)N2CCCC2)c2ccccc21)Nc1ccc(F)c(Cl)c1. The Kier molecular flexibility index (Phi) is 5.00. The molecule has 144 valence electrons. The number of aromatic nitrogens is 2. The fraction of sp³-hybridized carbons (Fsp3) is 0.250. The van der Waals surface area contributed by atoms with E-state index < -0.39 is 5.82 Å². The predicted octanol–water partition coefficient (Wildman–Crippen LogP) is 3.70. The van der Waals surface area contributed by atoms with Crippen LogP contribution in [0.1, 0.15) is 23.3 Å². The number of likely N-dealkylation sites (tertiary alicyclic amines) is 1. The quantitative estimate of drug-likeness (QED) is 0.726. The smallest absolute Gasteiger partial charge is 0.275 e. The number of para-hydroxylation sites is 1. The molecule has 0 spiro atoms. The van der Waals surface area contributed by atoms with Crippen LogP contribution in [-0.4, -0.2) is 39.6 Å². The summed E-state index contributed by atoms with van der Waals surface area (Å²) < 4.78 is 14.8. The van der Waals surface area contributed by atoms with Crippen LogP contribution in [0.2, 0.25) is 5.02 Å². The van der Waals surface area contributed by atoms with Crippen molar-refractivity contribution in [1.29, 1.82) is 0 Å². The van der Waals surface area contributed by atoms with Gasteiger partial charge < -0.3 is 10.2 Å². The molecule has 1 aliphatic rings. The number of hydrogen-bond acceptors (Lipinski definition) is 3. The first-order valence-corrected chi connectivity index (χ1v) is 9.40. The van der Waals surface area contributed by atoms with E-state index in [2.05, 4.69) is 10.4 Å². The van der Waals surface area contributed by atoms with Crippen molar-refractivity contribution in [2.75, 3.05) is 18.4 Å². The molecule has 28 heavy (non-hydrogen) atoms. The largest absolute Gasteiger partial charge is 0.337 e. The van der Waals surface area contributed by atoms with Crippen LogP contribution in [-0.2, 0) is 11.3 Å². The first kappa shape index (κ1) is 18.4. The summed E-state index contributed by atoms with van der Waals surface area (Å²) in [5.41, 5.74) is 1.45. The molecule has 2 heterocycles. The molecular weight excluding hydrogens is 383 g/mol. The molecule has 0 radical (unpaired) electrons. The van der Waals surface area contributed by atoms with E-state index in [0.29, 0.717) is 16.9 Å². The third kappa shape index (κ3) is 3.57. The van der Waals surface area contributed by atoms with Gasteiger partial charge in [0.15, 0.2) is 5.69 Å². The Labute approximate surface area is 165 Å². The fourth-order valence-electron chi connectivity index (χ4n) is 3.39. The zero-order valence-corrected chi connectivity index (χ0v) is 15.7. The summed E-state index contributed by atoms with van der Waals surface area (Å²) in [7, 11) is 0. The number of halogens is 2. The number of nitrogens with zero attached hydrogens (tertiary/aromatic N) is 3. The summed E-state index contributed by atoms with van der Waals surface area (Å²) in [5.74, 6) is -1.02. The molecule has 0 unspecified atom stereocenters. The van der Waals surface area contributed by atoms with E-state index in [4.69, 9.17) is 11.6 Å². The monoisotopic (exact) mass is 400 g/mol. The number of carbonyl (C=O) groups is 2. The standard InChI is InChI=1S/C20H18ClFN4O2/c21-15-11-13(7-8-16(15)22)23-18(27)12-26-17-6-2-1-5-14(17)19(24-26)20(28)25-9-3-4-10-25/h1-2,5-8,11H,3-4,9-10,12H2,(H,23,27). The third-order valence-corrected chi connectivity index (χ3v) is 5.04. The van der Waals surface area contributed by atoms with Gasteiger partial charge in [-0.2, -0.15) is 5.10 Å². The maximum absolute atomic E-state index is 13.3. The Morgan fingerprint density at radius 2 is 1.89 bits per heavy atom. The number of fused-ring (bicyclic) bond motifs is 1. The number of anilines is 1. The van der Waals surface area contributed by atoms with Crippen LogP contribution in [0.25, 0.3) is 10.9 Å².